The van der Waals surface area contributed by atoms with E-state index in [-0.39, 0.29) is 18.9 Å². The highest BCUT2D eigenvalue weighted by Gasteiger charge is 2.29. The second kappa shape index (κ2) is 10.5. The van der Waals surface area contributed by atoms with Crippen LogP contribution in [-0.4, -0.2) is 46.9 Å². The number of hydrogen-bond acceptors (Lipinski definition) is 5. The fourth-order valence-corrected chi connectivity index (χ4v) is 2.93. The predicted octanol–water partition coefficient (Wildman–Crippen LogP) is 1.73. The SMILES string of the molecule is O=C(C[C@@H]1C=C[C@H](NC(=O)Nc2ccc(F)cc2)[C@H](CO)O1)NCc1ccccn1. The van der Waals surface area contributed by atoms with Crippen molar-refractivity contribution in [2.45, 2.75) is 31.2 Å². The third kappa shape index (κ3) is 6.36. The Hall–Kier alpha value is -3.30. The van der Waals surface area contributed by atoms with E-state index in [0.29, 0.717) is 12.2 Å². The molecule has 3 rings (SSSR count). The van der Waals surface area contributed by atoms with Crippen LogP contribution < -0.4 is 16.0 Å². The van der Waals surface area contributed by atoms with Crippen LogP contribution >= 0.6 is 0 Å². The number of pyridine rings is 1. The predicted molar refractivity (Wildman–Crippen MR) is 108 cm³/mol. The number of rotatable bonds is 7. The zero-order chi connectivity index (χ0) is 21.3. The topological polar surface area (TPSA) is 113 Å². The Morgan fingerprint density at radius 2 is 1.93 bits per heavy atom. The number of aliphatic hydroxyl groups is 1. The standard InChI is InChI=1S/C21H23FN4O4/c22-14-4-6-15(7-5-14)25-21(29)26-18-9-8-17(30-19(18)13-27)11-20(28)24-12-16-3-1-2-10-23-16/h1-10,17-19,27H,11-13H2,(H,24,28)(H2,25,26,29)/t17-,18-,19-/m0/s1. The average Bonchev–Trinajstić information content (AvgIpc) is 2.75. The first-order chi connectivity index (χ1) is 14.5. The Morgan fingerprint density at radius 1 is 1.13 bits per heavy atom. The third-order valence-electron chi connectivity index (χ3n) is 4.44. The average molecular weight is 414 g/mol. The molecule has 8 nitrogen and oxygen atoms in total. The van der Waals surface area contributed by atoms with E-state index in [4.69, 9.17) is 4.74 Å². The van der Waals surface area contributed by atoms with Gasteiger partial charge < -0.3 is 25.8 Å². The largest absolute Gasteiger partial charge is 0.394 e. The molecule has 2 aromatic rings. The van der Waals surface area contributed by atoms with Gasteiger partial charge in [0.1, 0.15) is 11.9 Å². The van der Waals surface area contributed by atoms with Crippen LogP contribution in [-0.2, 0) is 16.1 Å². The van der Waals surface area contributed by atoms with Crippen molar-refractivity contribution >= 4 is 17.6 Å². The number of carbonyl (C=O) groups is 2. The fourth-order valence-electron chi connectivity index (χ4n) is 2.93. The minimum atomic E-state index is -0.706. The molecular weight excluding hydrogens is 391 g/mol. The molecule has 1 aliphatic heterocycles. The molecule has 0 saturated carbocycles. The molecule has 0 unspecified atom stereocenters. The second-order valence-corrected chi connectivity index (χ2v) is 6.71. The fraction of sp³-hybridized carbons (Fsp3) is 0.286. The summed E-state index contributed by atoms with van der Waals surface area (Å²) in [5, 5.41) is 17.6. The number of nitrogens with one attached hydrogen (secondary N) is 3. The summed E-state index contributed by atoms with van der Waals surface area (Å²) < 4.78 is 18.7. The quantitative estimate of drug-likeness (QED) is 0.516. The minimum absolute atomic E-state index is 0.0777. The van der Waals surface area contributed by atoms with E-state index in [0.717, 1.165) is 5.69 Å². The van der Waals surface area contributed by atoms with Crippen molar-refractivity contribution in [3.63, 3.8) is 0 Å². The lowest BCUT2D eigenvalue weighted by Gasteiger charge is -2.31. The molecule has 1 aromatic heterocycles. The maximum atomic E-state index is 12.9. The summed E-state index contributed by atoms with van der Waals surface area (Å²) in [6, 6.07) is 9.69. The lowest BCUT2D eigenvalue weighted by molar-refractivity contribution is -0.125. The van der Waals surface area contributed by atoms with Crippen molar-refractivity contribution in [1.82, 2.24) is 15.6 Å². The molecule has 4 N–H and O–H groups in total. The molecule has 0 fully saturated rings. The van der Waals surface area contributed by atoms with Crippen molar-refractivity contribution < 1.29 is 23.8 Å². The first-order valence-electron chi connectivity index (χ1n) is 9.48. The number of nitrogens with zero attached hydrogens (tertiary/aromatic N) is 1. The number of aliphatic hydroxyl groups excluding tert-OH is 1. The van der Waals surface area contributed by atoms with E-state index in [2.05, 4.69) is 20.9 Å². The van der Waals surface area contributed by atoms with Gasteiger partial charge in [0, 0.05) is 11.9 Å². The number of urea groups is 1. The van der Waals surface area contributed by atoms with Gasteiger partial charge in [0.2, 0.25) is 5.91 Å². The van der Waals surface area contributed by atoms with E-state index >= 15 is 0 Å². The first-order valence-corrected chi connectivity index (χ1v) is 9.48. The summed E-state index contributed by atoms with van der Waals surface area (Å²) in [6.45, 7) is -0.0227. The Morgan fingerprint density at radius 3 is 2.63 bits per heavy atom. The van der Waals surface area contributed by atoms with E-state index in [9.17, 15) is 19.1 Å². The van der Waals surface area contributed by atoms with Crippen LogP contribution in [0, 0.1) is 5.82 Å². The highest BCUT2D eigenvalue weighted by atomic mass is 19.1. The minimum Gasteiger partial charge on any atom is -0.394 e. The highest BCUT2D eigenvalue weighted by Crippen LogP contribution is 2.16. The number of halogens is 1. The van der Waals surface area contributed by atoms with Gasteiger partial charge in [0.25, 0.3) is 0 Å². The van der Waals surface area contributed by atoms with Crippen LogP contribution in [0.1, 0.15) is 12.1 Å². The van der Waals surface area contributed by atoms with Gasteiger partial charge in [-0.3, -0.25) is 9.78 Å². The van der Waals surface area contributed by atoms with Crippen molar-refractivity contribution in [1.29, 1.82) is 0 Å². The van der Waals surface area contributed by atoms with Crippen LogP contribution in [0.15, 0.2) is 60.8 Å². The summed E-state index contributed by atoms with van der Waals surface area (Å²) in [6.07, 6.45) is 3.86. The molecule has 0 spiro atoms. The molecule has 0 radical (unpaired) electrons. The van der Waals surface area contributed by atoms with Gasteiger partial charge in [-0.15, -0.1) is 0 Å². The molecule has 158 valence electrons. The molecule has 9 heteroatoms. The number of aromatic nitrogens is 1. The lowest BCUT2D eigenvalue weighted by Crippen LogP contribution is -2.50. The molecular formula is C21H23FN4O4. The Bertz CT molecular complexity index is 876. The Labute approximate surface area is 173 Å². The van der Waals surface area contributed by atoms with Gasteiger partial charge in [-0.25, -0.2) is 9.18 Å². The van der Waals surface area contributed by atoms with Gasteiger partial charge in [-0.1, -0.05) is 18.2 Å². The number of amides is 3. The van der Waals surface area contributed by atoms with E-state index in [1.807, 2.05) is 12.1 Å². The van der Waals surface area contributed by atoms with Gasteiger partial charge in [-0.05, 0) is 36.4 Å². The number of anilines is 1. The first kappa shape index (κ1) is 21.4. The van der Waals surface area contributed by atoms with Gasteiger partial charge in [0.15, 0.2) is 0 Å². The zero-order valence-corrected chi connectivity index (χ0v) is 16.1. The normalized spacial score (nSPS) is 20.4. The van der Waals surface area contributed by atoms with E-state index < -0.39 is 30.1 Å². The molecule has 1 aliphatic rings. The molecule has 2 heterocycles. The van der Waals surface area contributed by atoms with Crippen LogP contribution in [0.25, 0.3) is 0 Å². The highest BCUT2D eigenvalue weighted by molar-refractivity contribution is 5.89. The molecule has 1 aromatic carbocycles. The number of benzene rings is 1. The van der Waals surface area contributed by atoms with Crippen LogP contribution in [0.4, 0.5) is 14.9 Å². The molecule has 0 bridgehead atoms. The number of carbonyl (C=O) groups excluding carboxylic acids is 2. The van der Waals surface area contributed by atoms with Crippen molar-refractivity contribution in [2.24, 2.45) is 0 Å². The second-order valence-electron chi connectivity index (χ2n) is 6.71. The zero-order valence-electron chi connectivity index (χ0n) is 16.1. The van der Waals surface area contributed by atoms with E-state index in [1.165, 1.54) is 24.3 Å². The number of ether oxygens (including phenoxy) is 1. The van der Waals surface area contributed by atoms with Crippen LogP contribution in [0.2, 0.25) is 0 Å². The van der Waals surface area contributed by atoms with Crippen molar-refractivity contribution in [3.05, 3.63) is 72.3 Å². The molecule has 30 heavy (non-hydrogen) atoms. The smallest absolute Gasteiger partial charge is 0.319 e. The summed E-state index contributed by atoms with van der Waals surface area (Å²) in [5.41, 5.74) is 1.17. The molecule has 3 amide bonds. The van der Waals surface area contributed by atoms with Crippen LogP contribution in [0.5, 0.6) is 0 Å². The van der Waals surface area contributed by atoms with Crippen molar-refractivity contribution in [3.8, 4) is 0 Å². The van der Waals surface area contributed by atoms with Crippen molar-refractivity contribution in [2.75, 3.05) is 11.9 Å². The van der Waals surface area contributed by atoms with Gasteiger partial charge in [-0.2, -0.15) is 0 Å². The summed E-state index contributed by atoms with van der Waals surface area (Å²) in [7, 11) is 0. The third-order valence-corrected chi connectivity index (χ3v) is 4.44. The number of hydrogen-bond donors (Lipinski definition) is 4. The maximum Gasteiger partial charge on any atom is 0.319 e. The summed E-state index contributed by atoms with van der Waals surface area (Å²) in [4.78, 5) is 28.4. The van der Waals surface area contributed by atoms with Gasteiger partial charge in [0.05, 0.1) is 37.4 Å². The Balaban J connectivity index is 1.48. The molecule has 3 atom stereocenters. The monoisotopic (exact) mass is 414 g/mol. The summed E-state index contributed by atoms with van der Waals surface area (Å²) >= 11 is 0. The van der Waals surface area contributed by atoms with E-state index in [1.54, 1.807) is 24.4 Å². The van der Waals surface area contributed by atoms with Gasteiger partial charge >= 0.3 is 6.03 Å². The lowest BCUT2D eigenvalue weighted by atomic mass is 10.0. The Kier molecular flexibility index (Phi) is 7.47. The summed E-state index contributed by atoms with van der Waals surface area (Å²) in [5.74, 6) is -0.618. The maximum absolute atomic E-state index is 12.9. The van der Waals surface area contributed by atoms with Crippen LogP contribution in [0.3, 0.4) is 0 Å². The molecule has 0 aliphatic carbocycles. The molecule has 0 saturated heterocycles.